The van der Waals surface area contributed by atoms with E-state index in [-0.39, 0.29) is 11.9 Å². The van der Waals surface area contributed by atoms with Gasteiger partial charge in [0, 0.05) is 4.47 Å². The fourth-order valence-corrected chi connectivity index (χ4v) is 2.73. The highest BCUT2D eigenvalue weighted by atomic mass is 79.9. The number of hydrazine groups is 1. The van der Waals surface area contributed by atoms with Gasteiger partial charge in [-0.2, -0.15) is 0 Å². The van der Waals surface area contributed by atoms with E-state index in [2.05, 4.69) is 30.9 Å². The zero-order valence-electron chi connectivity index (χ0n) is 9.65. The number of aryl methyl sites for hydroxylation is 1. The zero-order chi connectivity index (χ0) is 13.1. The molecule has 2 aromatic rings. The van der Waals surface area contributed by atoms with Crippen LogP contribution in [0.15, 0.2) is 22.7 Å². The van der Waals surface area contributed by atoms with Gasteiger partial charge in [0.25, 0.3) is 0 Å². The van der Waals surface area contributed by atoms with E-state index in [9.17, 15) is 4.39 Å². The number of nitrogens with zero attached hydrogens (tertiary/aromatic N) is 2. The first kappa shape index (κ1) is 13.5. The molecular weight excluding hydrogens is 319 g/mol. The topological polar surface area (TPSA) is 63.8 Å². The number of rotatable bonds is 4. The summed E-state index contributed by atoms with van der Waals surface area (Å²) in [5.74, 6) is 5.28. The van der Waals surface area contributed by atoms with E-state index in [0.717, 1.165) is 15.0 Å². The minimum Gasteiger partial charge on any atom is -0.271 e. The summed E-state index contributed by atoms with van der Waals surface area (Å²) in [6, 6.07) is 4.82. The van der Waals surface area contributed by atoms with Crippen molar-refractivity contribution in [1.82, 2.24) is 15.0 Å². The molecule has 1 unspecified atom stereocenters. The van der Waals surface area contributed by atoms with Gasteiger partial charge in [0.2, 0.25) is 0 Å². The number of nitrogens with two attached hydrogens (primary N) is 1. The first-order chi connectivity index (χ1) is 8.61. The van der Waals surface area contributed by atoms with Gasteiger partial charge in [0.05, 0.1) is 16.6 Å². The average molecular weight is 331 g/mol. The van der Waals surface area contributed by atoms with Crippen LogP contribution in [0.5, 0.6) is 0 Å². The molecule has 7 heteroatoms. The Kier molecular flexibility index (Phi) is 4.39. The molecule has 0 aliphatic carbocycles. The van der Waals surface area contributed by atoms with Crippen LogP contribution in [0.3, 0.4) is 0 Å². The number of halogens is 2. The molecule has 0 bridgehead atoms. The largest absolute Gasteiger partial charge is 0.271 e. The number of hydrogen-bond acceptors (Lipinski definition) is 5. The molecule has 1 heterocycles. The normalized spacial score (nSPS) is 12.7. The molecule has 1 aromatic carbocycles. The van der Waals surface area contributed by atoms with Crippen molar-refractivity contribution in [3.05, 3.63) is 44.6 Å². The molecule has 96 valence electrons. The van der Waals surface area contributed by atoms with Gasteiger partial charge < -0.3 is 0 Å². The van der Waals surface area contributed by atoms with Gasteiger partial charge >= 0.3 is 0 Å². The molecule has 4 nitrogen and oxygen atoms in total. The molecule has 1 aromatic heterocycles. The predicted octanol–water partition coefficient (Wildman–Crippen LogP) is 2.50. The summed E-state index contributed by atoms with van der Waals surface area (Å²) < 4.78 is 18.3. The lowest BCUT2D eigenvalue weighted by Crippen LogP contribution is -2.29. The Morgan fingerprint density at radius 1 is 1.56 bits per heavy atom. The third-order valence-electron chi connectivity index (χ3n) is 2.64. The lowest BCUT2D eigenvalue weighted by Gasteiger charge is -2.14. The predicted molar refractivity (Wildman–Crippen MR) is 72.5 cm³/mol. The van der Waals surface area contributed by atoms with E-state index in [4.69, 9.17) is 5.84 Å². The second kappa shape index (κ2) is 5.83. The second-order valence-electron chi connectivity index (χ2n) is 3.88. The Morgan fingerprint density at radius 3 is 2.89 bits per heavy atom. The van der Waals surface area contributed by atoms with Crippen LogP contribution in [0.1, 0.15) is 22.2 Å². The van der Waals surface area contributed by atoms with Crippen molar-refractivity contribution in [3.63, 3.8) is 0 Å². The summed E-state index contributed by atoms with van der Waals surface area (Å²) in [4.78, 5) is 0.930. The summed E-state index contributed by atoms with van der Waals surface area (Å²) >= 11 is 4.51. The van der Waals surface area contributed by atoms with Crippen molar-refractivity contribution in [2.24, 2.45) is 5.84 Å². The van der Waals surface area contributed by atoms with Crippen LogP contribution >= 0.6 is 27.5 Å². The molecule has 18 heavy (non-hydrogen) atoms. The quantitative estimate of drug-likeness (QED) is 0.667. The van der Waals surface area contributed by atoms with Gasteiger partial charge in [0.15, 0.2) is 0 Å². The average Bonchev–Trinajstić information content (AvgIpc) is 2.75. The first-order valence-electron chi connectivity index (χ1n) is 5.30. The molecular formula is C11H12BrFN4S. The monoisotopic (exact) mass is 330 g/mol. The third-order valence-corrected chi connectivity index (χ3v) is 4.08. The smallest absolute Gasteiger partial charge is 0.127 e. The zero-order valence-corrected chi connectivity index (χ0v) is 12.1. The highest BCUT2D eigenvalue weighted by Gasteiger charge is 2.18. The Labute approximate surface area is 117 Å². The number of hydrogen-bond donors (Lipinski definition) is 2. The van der Waals surface area contributed by atoms with E-state index in [1.54, 1.807) is 6.07 Å². The minimum absolute atomic E-state index is 0.180. The SMILES string of the molecule is Cc1nnsc1C(Cc1ccc(Br)cc1F)NN. The maximum Gasteiger partial charge on any atom is 0.127 e. The summed E-state index contributed by atoms with van der Waals surface area (Å²) in [6.07, 6.45) is 0.459. The maximum absolute atomic E-state index is 13.8. The molecule has 0 fully saturated rings. The summed E-state index contributed by atoms with van der Waals surface area (Å²) in [5.41, 5.74) is 4.11. The summed E-state index contributed by atoms with van der Waals surface area (Å²) in [6.45, 7) is 1.86. The highest BCUT2D eigenvalue weighted by Crippen LogP contribution is 2.25. The van der Waals surface area contributed by atoms with Crippen LogP contribution in [0, 0.1) is 12.7 Å². The Morgan fingerprint density at radius 2 is 2.33 bits per heavy atom. The lowest BCUT2D eigenvalue weighted by molar-refractivity contribution is 0.532. The van der Waals surface area contributed by atoms with Crippen LogP contribution in [0.4, 0.5) is 4.39 Å². The van der Waals surface area contributed by atoms with Crippen LogP contribution in [0.2, 0.25) is 0 Å². The second-order valence-corrected chi connectivity index (χ2v) is 5.58. The minimum atomic E-state index is -0.250. The molecule has 0 amide bonds. The fraction of sp³-hybridized carbons (Fsp3) is 0.273. The Balaban J connectivity index is 2.23. The van der Waals surface area contributed by atoms with Gasteiger partial charge in [-0.25, -0.2) is 4.39 Å². The standard InChI is InChI=1S/C11H12BrFN4S/c1-6-11(18-17-16-6)10(15-14)4-7-2-3-8(12)5-9(7)13/h2-3,5,10,15H,4,14H2,1H3. The molecule has 0 aliphatic heterocycles. The Hall–Kier alpha value is -0.890. The van der Waals surface area contributed by atoms with Crippen LogP contribution < -0.4 is 11.3 Å². The van der Waals surface area contributed by atoms with Crippen LogP contribution in [-0.2, 0) is 6.42 Å². The van der Waals surface area contributed by atoms with E-state index in [1.165, 1.54) is 17.6 Å². The summed E-state index contributed by atoms with van der Waals surface area (Å²) in [7, 11) is 0. The third kappa shape index (κ3) is 2.92. The van der Waals surface area contributed by atoms with Crippen LogP contribution in [-0.4, -0.2) is 9.59 Å². The van der Waals surface area contributed by atoms with E-state index < -0.39 is 0 Å². The van der Waals surface area contributed by atoms with Gasteiger partial charge in [-0.3, -0.25) is 11.3 Å². The summed E-state index contributed by atoms with van der Waals surface area (Å²) in [5, 5.41) is 3.94. The molecule has 0 aliphatic rings. The highest BCUT2D eigenvalue weighted by molar-refractivity contribution is 9.10. The molecule has 0 spiro atoms. The number of aromatic nitrogens is 2. The van der Waals surface area contributed by atoms with E-state index >= 15 is 0 Å². The maximum atomic E-state index is 13.8. The molecule has 3 N–H and O–H groups in total. The van der Waals surface area contributed by atoms with E-state index in [0.29, 0.717) is 12.0 Å². The van der Waals surface area contributed by atoms with Crippen molar-refractivity contribution >= 4 is 27.5 Å². The molecule has 0 radical (unpaired) electrons. The first-order valence-corrected chi connectivity index (χ1v) is 6.87. The lowest BCUT2D eigenvalue weighted by atomic mass is 10.0. The van der Waals surface area contributed by atoms with Crippen molar-refractivity contribution < 1.29 is 4.39 Å². The molecule has 1 atom stereocenters. The van der Waals surface area contributed by atoms with Gasteiger partial charge in [-0.15, -0.1) is 5.10 Å². The van der Waals surface area contributed by atoms with Crippen LogP contribution in [0.25, 0.3) is 0 Å². The Bertz CT molecular complexity index is 546. The fourth-order valence-electron chi connectivity index (χ4n) is 1.69. The van der Waals surface area contributed by atoms with Crippen molar-refractivity contribution in [1.29, 1.82) is 0 Å². The van der Waals surface area contributed by atoms with E-state index in [1.807, 2.05) is 13.0 Å². The van der Waals surface area contributed by atoms with Gasteiger partial charge in [0.1, 0.15) is 5.82 Å². The van der Waals surface area contributed by atoms with Crippen molar-refractivity contribution in [2.45, 2.75) is 19.4 Å². The van der Waals surface area contributed by atoms with Gasteiger partial charge in [-0.05, 0) is 42.6 Å². The van der Waals surface area contributed by atoms with Crippen molar-refractivity contribution in [3.8, 4) is 0 Å². The molecule has 0 saturated carbocycles. The van der Waals surface area contributed by atoms with Gasteiger partial charge in [-0.1, -0.05) is 26.5 Å². The number of benzene rings is 1. The van der Waals surface area contributed by atoms with Crippen molar-refractivity contribution in [2.75, 3.05) is 0 Å². The molecule has 0 saturated heterocycles. The number of nitrogens with one attached hydrogen (secondary N) is 1. The molecule has 2 rings (SSSR count).